The van der Waals surface area contributed by atoms with Crippen molar-refractivity contribution in [1.29, 1.82) is 0 Å². The summed E-state index contributed by atoms with van der Waals surface area (Å²) in [7, 11) is 0.706. The van der Waals surface area contributed by atoms with Crippen molar-refractivity contribution in [2.75, 3.05) is 0 Å². The van der Waals surface area contributed by atoms with Crippen molar-refractivity contribution in [3.63, 3.8) is 0 Å². The van der Waals surface area contributed by atoms with Crippen molar-refractivity contribution >= 4 is 67.2 Å². The highest BCUT2D eigenvalue weighted by atomic mass is 79.9. The molecule has 1 radical (unpaired) electrons. The van der Waals surface area contributed by atoms with Gasteiger partial charge in [0, 0.05) is 37.4 Å². The number of hydrogen-bond acceptors (Lipinski definition) is 2. The second-order valence-corrected chi connectivity index (χ2v) is 10.9. The summed E-state index contributed by atoms with van der Waals surface area (Å²) in [6, 6.07) is 49.9. The molecule has 0 aliphatic heterocycles. The largest absolute Gasteiger partial charge is 0.569 e. The highest BCUT2D eigenvalue weighted by Crippen LogP contribution is 2.35. The first kappa shape index (κ1) is 35.7. The van der Waals surface area contributed by atoms with E-state index in [-0.39, 0.29) is 29.7 Å². The number of halogens is 1. The van der Waals surface area contributed by atoms with Gasteiger partial charge < -0.3 is 18.8 Å². The lowest BCUT2D eigenvalue weighted by atomic mass is 10.1. The van der Waals surface area contributed by atoms with Crippen LogP contribution in [0.4, 0.5) is 0 Å². The molecule has 233 valence electrons. The Labute approximate surface area is 281 Å². The molecular weight excluding hydrogens is 631 g/mol. The topological polar surface area (TPSA) is 39.3 Å². The molecule has 0 atom stereocenters. The first-order valence-electron chi connectivity index (χ1n) is 13.7. The highest BCUT2D eigenvalue weighted by Gasteiger charge is 2.13. The van der Waals surface area contributed by atoms with Crippen molar-refractivity contribution in [3.8, 4) is 17.1 Å². The van der Waals surface area contributed by atoms with Crippen LogP contribution >= 0.6 is 15.9 Å². The van der Waals surface area contributed by atoms with Gasteiger partial charge in [-0.05, 0) is 72.8 Å². The maximum absolute atomic E-state index is 8.84. The van der Waals surface area contributed by atoms with Crippen LogP contribution in [-0.4, -0.2) is 21.8 Å². The fourth-order valence-corrected chi connectivity index (χ4v) is 6.10. The van der Waals surface area contributed by atoms with Gasteiger partial charge in [0.25, 0.3) is 0 Å². The van der Waals surface area contributed by atoms with Crippen LogP contribution in [0.2, 0.25) is 0 Å². The Kier molecular flexibility index (Phi) is 12.0. The average Bonchev–Trinajstić information content (AvgIpc) is 3.55. The molecule has 0 saturated carbocycles. The molecule has 2 aromatic heterocycles. The maximum Gasteiger partial charge on any atom is 0.569 e. The molecule has 8 aromatic rings. The predicted molar refractivity (Wildman–Crippen MR) is 205 cm³/mol. The van der Waals surface area contributed by atoms with Gasteiger partial charge in [0.05, 0.1) is 22.1 Å². The number of rotatable bonds is 4. The van der Waals surface area contributed by atoms with Crippen LogP contribution in [0.1, 0.15) is 29.7 Å². The van der Waals surface area contributed by atoms with Crippen molar-refractivity contribution < 1.29 is 9.68 Å². The molecule has 1 N–H and O–H groups in total. The normalized spacial score (nSPS) is 10.1. The molecule has 46 heavy (non-hydrogen) atoms. The summed E-state index contributed by atoms with van der Waals surface area (Å²) in [5, 5.41) is 13.7. The molecule has 0 bridgehead atoms. The van der Waals surface area contributed by atoms with Gasteiger partial charge in [-0.25, -0.2) is 0 Å². The van der Waals surface area contributed by atoms with Gasteiger partial charge in [-0.2, -0.15) is 0 Å². The van der Waals surface area contributed by atoms with Crippen molar-refractivity contribution in [2.45, 2.75) is 29.7 Å². The molecule has 0 unspecified atom stereocenters. The van der Waals surface area contributed by atoms with Crippen LogP contribution in [0.3, 0.4) is 0 Å². The SMILES string of the molecule is Brc1ccc2c(c1)c1ccccc1n2-c1ccccc1.C.C.C.C.O[B]Oc1ccc2c(c1)c1ccccc1n2-c1ccccc1. The van der Waals surface area contributed by atoms with E-state index in [0.29, 0.717) is 13.4 Å². The van der Waals surface area contributed by atoms with E-state index < -0.39 is 0 Å². The Morgan fingerprint density at radius 1 is 0.457 bits per heavy atom. The molecule has 0 saturated heterocycles. The molecule has 0 amide bonds. The molecule has 8 rings (SSSR count). The lowest BCUT2D eigenvalue weighted by Gasteiger charge is -2.07. The fourth-order valence-electron chi connectivity index (χ4n) is 5.74. The molecule has 6 aromatic carbocycles. The molecule has 0 aliphatic carbocycles. The van der Waals surface area contributed by atoms with Gasteiger partial charge >= 0.3 is 7.69 Å². The van der Waals surface area contributed by atoms with Gasteiger partial charge in [0.1, 0.15) is 5.75 Å². The predicted octanol–water partition coefficient (Wildman–Crippen LogP) is 11.8. The smallest absolute Gasteiger partial charge is 0.537 e. The van der Waals surface area contributed by atoms with Crippen LogP contribution in [0, 0.1) is 0 Å². The van der Waals surface area contributed by atoms with Crippen LogP contribution in [0.15, 0.2) is 150 Å². The Hall–Kier alpha value is -4.78. The maximum atomic E-state index is 8.84. The standard InChI is InChI=1S/C18H13BNO2.C18H12BrN.4CH4/c21-19-22-14-10-11-18-16(12-14)15-8-4-5-9-17(15)20(18)13-6-2-1-3-7-13;19-13-10-11-18-16(12-13)15-8-4-5-9-17(15)20(18)14-6-2-1-3-7-14;;;;/h1-12,21H;1-12H;4*1H4. The third kappa shape index (κ3) is 6.46. The summed E-state index contributed by atoms with van der Waals surface area (Å²) in [6.07, 6.45) is 0. The van der Waals surface area contributed by atoms with E-state index in [1.807, 2.05) is 54.6 Å². The summed E-state index contributed by atoms with van der Waals surface area (Å²) >= 11 is 3.57. The average molecular weight is 672 g/mol. The van der Waals surface area contributed by atoms with E-state index >= 15 is 0 Å². The number of aromatic nitrogens is 2. The molecule has 2 heterocycles. The minimum Gasteiger partial charge on any atom is -0.537 e. The van der Waals surface area contributed by atoms with Gasteiger partial charge in [-0.1, -0.05) is 118 Å². The Bertz CT molecular complexity index is 2170. The van der Waals surface area contributed by atoms with Gasteiger partial charge in [-0.15, -0.1) is 0 Å². The third-order valence-corrected chi connectivity index (χ3v) is 7.99. The fraction of sp³-hybridized carbons (Fsp3) is 0.100. The first-order valence-corrected chi connectivity index (χ1v) is 14.5. The molecule has 0 aliphatic rings. The molecule has 6 heteroatoms. The molecular formula is C40H41BBrN2O2. The summed E-state index contributed by atoms with van der Waals surface area (Å²) in [5.41, 5.74) is 7.05. The number of para-hydroxylation sites is 4. The highest BCUT2D eigenvalue weighted by molar-refractivity contribution is 9.10. The Morgan fingerprint density at radius 3 is 1.37 bits per heavy atom. The van der Waals surface area contributed by atoms with E-state index in [4.69, 9.17) is 9.68 Å². The van der Waals surface area contributed by atoms with Gasteiger partial charge in [-0.3, -0.25) is 0 Å². The zero-order valence-corrected chi connectivity index (χ0v) is 24.1. The van der Waals surface area contributed by atoms with Crippen LogP contribution in [-0.2, 0) is 0 Å². The van der Waals surface area contributed by atoms with Crippen LogP contribution in [0.25, 0.3) is 55.0 Å². The van der Waals surface area contributed by atoms with E-state index in [1.54, 1.807) is 0 Å². The van der Waals surface area contributed by atoms with E-state index in [2.05, 4.69) is 116 Å². The number of hydrogen-bond donors (Lipinski definition) is 1. The lowest BCUT2D eigenvalue weighted by Crippen LogP contribution is -1.99. The van der Waals surface area contributed by atoms with Crippen LogP contribution < -0.4 is 4.65 Å². The minimum absolute atomic E-state index is 0. The van der Waals surface area contributed by atoms with Crippen molar-refractivity contribution in [2.24, 2.45) is 0 Å². The Morgan fingerprint density at radius 2 is 0.870 bits per heavy atom. The molecule has 4 nitrogen and oxygen atoms in total. The van der Waals surface area contributed by atoms with Crippen molar-refractivity contribution in [3.05, 3.63) is 150 Å². The molecule has 0 spiro atoms. The van der Waals surface area contributed by atoms with E-state index in [1.165, 1.54) is 27.5 Å². The third-order valence-electron chi connectivity index (χ3n) is 7.50. The Balaban J connectivity index is 0.000000231. The summed E-state index contributed by atoms with van der Waals surface area (Å²) in [5.74, 6) is 0.617. The summed E-state index contributed by atoms with van der Waals surface area (Å²) < 4.78 is 10.8. The number of benzene rings is 6. The monoisotopic (exact) mass is 671 g/mol. The number of nitrogens with zero attached hydrogens (tertiary/aromatic N) is 2. The lowest BCUT2D eigenvalue weighted by molar-refractivity contribution is 0.454. The quantitative estimate of drug-likeness (QED) is 0.189. The van der Waals surface area contributed by atoms with E-state index in [9.17, 15) is 0 Å². The minimum atomic E-state index is 0. The summed E-state index contributed by atoms with van der Waals surface area (Å²) in [4.78, 5) is 0. The van der Waals surface area contributed by atoms with E-state index in [0.717, 1.165) is 32.0 Å². The van der Waals surface area contributed by atoms with Crippen molar-refractivity contribution in [1.82, 2.24) is 9.13 Å². The summed E-state index contributed by atoms with van der Waals surface area (Å²) in [6.45, 7) is 0. The zero-order valence-electron chi connectivity index (χ0n) is 22.6. The second-order valence-electron chi connectivity index (χ2n) is 9.94. The zero-order chi connectivity index (χ0) is 28.5. The number of fused-ring (bicyclic) bond motifs is 6. The first-order chi connectivity index (χ1) is 20.7. The molecule has 0 fully saturated rings. The van der Waals surface area contributed by atoms with Gasteiger partial charge in [0.15, 0.2) is 0 Å². The van der Waals surface area contributed by atoms with Crippen LogP contribution in [0.5, 0.6) is 5.75 Å². The second kappa shape index (κ2) is 15.5. The van der Waals surface area contributed by atoms with Gasteiger partial charge in [0.2, 0.25) is 0 Å².